The lowest BCUT2D eigenvalue weighted by Crippen LogP contribution is -2.45. The third kappa shape index (κ3) is 4.60. The molecule has 2 N–H and O–H groups in total. The van der Waals surface area contributed by atoms with Crippen LogP contribution >= 0.6 is 0 Å². The number of carbonyl (C=O) groups is 1. The van der Waals surface area contributed by atoms with Crippen LogP contribution in [0.2, 0.25) is 0 Å². The van der Waals surface area contributed by atoms with Crippen molar-refractivity contribution >= 4 is 11.7 Å². The molecule has 0 spiro atoms. The van der Waals surface area contributed by atoms with Crippen molar-refractivity contribution in [2.45, 2.75) is 0 Å². The third-order valence-corrected chi connectivity index (χ3v) is 6.10. The fourth-order valence-electron chi connectivity index (χ4n) is 4.07. The zero-order valence-corrected chi connectivity index (χ0v) is 19.9. The molecule has 1 fully saturated rings. The number of aromatic nitrogens is 5. The highest BCUT2D eigenvalue weighted by Gasteiger charge is 2.19. The number of hydrogen-bond acceptors (Lipinski definition) is 8. The number of carbonyl (C=O) groups excluding carboxylic acids is 1. The summed E-state index contributed by atoms with van der Waals surface area (Å²) in [6.45, 7) is 3.37. The predicted molar refractivity (Wildman–Crippen MR) is 133 cm³/mol. The van der Waals surface area contributed by atoms with Crippen LogP contribution in [0, 0.1) is 5.82 Å². The van der Waals surface area contributed by atoms with Crippen molar-refractivity contribution in [1.29, 1.82) is 0 Å². The Labute approximate surface area is 207 Å². The summed E-state index contributed by atoms with van der Waals surface area (Å²) in [5.41, 5.74) is 7.35. The highest BCUT2D eigenvalue weighted by Crippen LogP contribution is 2.31. The first kappa shape index (κ1) is 23.4. The Morgan fingerprint density at radius 2 is 1.86 bits per heavy atom. The molecule has 36 heavy (non-hydrogen) atoms. The zero-order valence-electron chi connectivity index (χ0n) is 19.9. The Balaban J connectivity index is 1.50. The summed E-state index contributed by atoms with van der Waals surface area (Å²) in [5, 5.41) is 4.43. The third-order valence-electron chi connectivity index (χ3n) is 6.10. The van der Waals surface area contributed by atoms with Gasteiger partial charge in [-0.25, -0.2) is 24.0 Å². The van der Waals surface area contributed by atoms with Gasteiger partial charge in [0.05, 0.1) is 24.6 Å². The van der Waals surface area contributed by atoms with Gasteiger partial charge in [0, 0.05) is 49.7 Å². The number of amides is 1. The van der Waals surface area contributed by atoms with Crippen molar-refractivity contribution in [3.05, 3.63) is 66.4 Å². The highest BCUT2D eigenvalue weighted by atomic mass is 19.1. The van der Waals surface area contributed by atoms with Crippen molar-refractivity contribution in [3.63, 3.8) is 0 Å². The molecule has 0 bridgehead atoms. The Bertz CT molecular complexity index is 1410. The van der Waals surface area contributed by atoms with E-state index in [1.54, 1.807) is 53.6 Å². The molecule has 11 heteroatoms. The molecule has 1 aromatic carbocycles. The summed E-state index contributed by atoms with van der Waals surface area (Å²) < 4.78 is 21.4. The first-order valence-electron chi connectivity index (χ1n) is 11.4. The van der Waals surface area contributed by atoms with Crippen LogP contribution < -0.4 is 15.4 Å². The van der Waals surface area contributed by atoms with E-state index in [1.807, 2.05) is 0 Å². The topological polar surface area (TPSA) is 115 Å². The van der Waals surface area contributed by atoms with Gasteiger partial charge in [0.15, 0.2) is 11.6 Å². The van der Waals surface area contributed by atoms with Gasteiger partial charge in [-0.05, 0) is 37.4 Å². The molecule has 4 aromatic rings. The molecule has 0 aliphatic carbocycles. The lowest BCUT2D eigenvalue weighted by atomic mass is 10.1. The lowest BCUT2D eigenvalue weighted by molar-refractivity contribution is 0.1000. The maximum absolute atomic E-state index is 14.6. The van der Waals surface area contributed by atoms with Gasteiger partial charge in [-0.15, -0.1) is 0 Å². The van der Waals surface area contributed by atoms with Crippen molar-refractivity contribution in [3.8, 4) is 34.2 Å². The number of hydrogen-bond donors (Lipinski definition) is 1. The number of ether oxygens (including phenoxy) is 1. The van der Waals surface area contributed by atoms with Crippen LogP contribution in [0.4, 0.5) is 10.2 Å². The second-order valence-electron chi connectivity index (χ2n) is 8.48. The molecule has 0 radical (unpaired) electrons. The summed E-state index contributed by atoms with van der Waals surface area (Å²) in [6, 6.07) is 9.58. The van der Waals surface area contributed by atoms with Crippen LogP contribution in [0.5, 0.6) is 5.75 Å². The smallest absolute Gasteiger partial charge is 0.248 e. The van der Waals surface area contributed by atoms with Crippen molar-refractivity contribution < 1.29 is 13.9 Å². The monoisotopic (exact) mass is 488 g/mol. The van der Waals surface area contributed by atoms with Gasteiger partial charge in [-0.3, -0.25) is 4.79 Å². The van der Waals surface area contributed by atoms with E-state index < -0.39 is 11.7 Å². The van der Waals surface area contributed by atoms with E-state index in [1.165, 1.54) is 13.2 Å². The molecule has 0 atom stereocenters. The van der Waals surface area contributed by atoms with E-state index in [9.17, 15) is 9.18 Å². The number of benzene rings is 1. The molecule has 10 nitrogen and oxygen atoms in total. The summed E-state index contributed by atoms with van der Waals surface area (Å²) in [5.74, 6) is 0.638. The molecule has 5 rings (SSSR count). The Kier molecular flexibility index (Phi) is 6.30. The van der Waals surface area contributed by atoms with Gasteiger partial charge in [0.1, 0.15) is 17.4 Å². The standard InChI is InChI=1S/C25H25FN8O2/c1-32-8-10-33(11-9-32)21-12-16(24(27)35)13-22(31-21)34-15-17(14-29-34)19-6-7-28-25(30-19)23-18(26)4-3-5-20(23)36-2/h3-7,12-15H,8-11H2,1-2H3,(H2,27,35). The minimum atomic E-state index is -0.541. The molecule has 1 saturated heterocycles. The van der Waals surface area contributed by atoms with E-state index in [0.717, 1.165) is 26.2 Å². The Morgan fingerprint density at radius 1 is 1.08 bits per heavy atom. The molecule has 1 aliphatic heterocycles. The van der Waals surface area contributed by atoms with Gasteiger partial charge < -0.3 is 20.3 Å². The average Bonchev–Trinajstić information content (AvgIpc) is 3.39. The number of piperazine rings is 1. The van der Waals surface area contributed by atoms with Crippen LogP contribution in [0.15, 0.2) is 55.0 Å². The fourth-order valence-corrected chi connectivity index (χ4v) is 4.07. The van der Waals surface area contributed by atoms with Gasteiger partial charge >= 0.3 is 0 Å². The minimum Gasteiger partial charge on any atom is -0.496 e. The number of pyridine rings is 1. The Morgan fingerprint density at radius 3 is 2.61 bits per heavy atom. The Hall–Kier alpha value is -4.38. The van der Waals surface area contributed by atoms with Crippen LogP contribution in [0.3, 0.4) is 0 Å². The molecule has 1 amide bonds. The maximum Gasteiger partial charge on any atom is 0.248 e. The molecule has 1 aliphatic rings. The summed E-state index contributed by atoms with van der Waals surface area (Å²) in [4.78, 5) is 29.9. The van der Waals surface area contributed by atoms with Gasteiger partial charge in [-0.2, -0.15) is 5.10 Å². The number of nitrogens with zero attached hydrogens (tertiary/aromatic N) is 7. The second kappa shape index (κ2) is 9.70. The molecule has 0 saturated carbocycles. The summed E-state index contributed by atoms with van der Waals surface area (Å²) in [6.07, 6.45) is 4.92. The van der Waals surface area contributed by atoms with E-state index in [-0.39, 0.29) is 11.4 Å². The number of nitrogens with two attached hydrogens (primary N) is 1. The highest BCUT2D eigenvalue weighted by molar-refractivity contribution is 5.94. The van der Waals surface area contributed by atoms with E-state index in [4.69, 9.17) is 15.5 Å². The van der Waals surface area contributed by atoms with Crippen LogP contribution in [-0.4, -0.2) is 75.9 Å². The van der Waals surface area contributed by atoms with E-state index in [2.05, 4.69) is 31.9 Å². The molecule has 3 aromatic heterocycles. The summed E-state index contributed by atoms with van der Waals surface area (Å²) in [7, 11) is 3.54. The van der Waals surface area contributed by atoms with Gasteiger partial charge in [0.2, 0.25) is 5.91 Å². The zero-order chi connectivity index (χ0) is 25.2. The molecule has 184 valence electrons. The number of methoxy groups -OCH3 is 1. The largest absolute Gasteiger partial charge is 0.496 e. The van der Waals surface area contributed by atoms with Crippen LogP contribution in [-0.2, 0) is 0 Å². The number of primary amides is 1. The number of rotatable bonds is 6. The average molecular weight is 489 g/mol. The van der Waals surface area contributed by atoms with Gasteiger partial charge in [-0.1, -0.05) is 6.07 Å². The summed E-state index contributed by atoms with van der Waals surface area (Å²) >= 11 is 0. The van der Waals surface area contributed by atoms with Crippen LogP contribution in [0.25, 0.3) is 28.5 Å². The number of likely N-dealkylation sites (N-methyl/N-ethyl adjacent to an activating group) is 1. The first-order chi connectivity index (χ1) is 17.4. The van der Waals surface area contributed by atoms with Gasteiger partial charge in [0.25, 0.3) is 0 Å². The normalized spacial score (nSPS) is 14.1. The maximum atomic E-state index is 14.6. The molecular weight excluding hydrogens is 463 g/mol. The fraction of sp³-hybridized carbons (Fsp3) is 0.240. The molecule has 4 heterocycles. The number of halogens is 1. The first-order valence-corrected chi connectivity index (χ1v) is 11.4. The van der Waals surface area contributed by atoms with Crippen molar-refractivity contribution in [1.82, 2.24) is 29.6 Å². The SMILES string of the molecule is COc1cccc(F)c1-c1nccc(-c2cnn(-c3cc(C(N)=O)cc(N4CCN(C)CC4)n3)c2)n1. The van der Waals surface area contributed by atoms with Crippen molar-refractivity contribution in [2.24, 2.45) is 5.73 Å². The quantitative estimate of drug-likeness (QED) is 0.440. The lowest BCUT2D eigenvalue weighted by Gasteiger charge is -2.33. The number of anilines is 1. The van der Waals surface area contributed by atoms with E-state index >= 15 is 0 Å². The van der Waals surface area contributed by atoms with Crippen LogP contribution in [0.1, 0.15) is 10.4 Å². The van der Waals surface area contributed by atoms with Crippen molar-refractivity contribution in [2.75, 3.05) is 45.2 Å². The molecular formula is C25H25FN8O2. The minimum absolute atomic E-state index is 0.182. The predicted octanol–water partition coefficient (Wildman–Crippen LogP) is 2.39. The second-order valence-corrected chi connectivity index (χ2v) is 8.48. The molecule has 0 unspecified atom stereocenters. The van der Waals surface area contributed by atoms with E-state index in [0.29, 0.717) is 34.2 Å².